The van der Waals surface area contributed by atoms with Crippen LogP contribution in [0.15, 0.2) is 59.9 Å². The fourth-order valence-corrected chi connectivity index (χ4v) is 3.64. The first-order valence-electron chi connectivity index (χ1n) is 8.69. The minimum atomic E-state index is -4.67. The van der Waals surface area contributed by atoms with E-state index >= 15 is 0 Å². The summed E-state index contributed by atoms with van der Waals surface area (Å²) in [5.74, 6) is 0.993. The summed E-state index contributed by atoms with van der Waals surface area (Å²) in [6, 6.07) is 11.5. The van der Waals surface area contributed by atoms with Crippen molar-refractivity contribution in [3.8, 4) is 11.8 Å². The van der Waals surface area contributed by atoms with Crippen LogP contribution in [0.3, 0.4) is 0 Å². The highest BCUT2D eigenvalue weighted by molar-refractivity contribution is 6.13. The van der Waals surface area contributed by atoms with Crippen LogP contribution in [-0.2, 0) is 6.18 Å². The van der Waals surface area contributed by atoms with E-state index in [-0.39, 0.29) is 11.4 Å². The van der Waals surface area contributed by atoms with Gasteiger partial charge in [0, 0.05) is 18.4 Å². The van der Waals surface area contributed by atoms with Crippen LogP contribution in [0.25, 0.3) is 0 Å². The van der Waals surface area contributed by atoms with E-state index in [4.69, 9.17) is 5.26 Å². The second kappa shape index (κ2) is 6.85. The van der Waals surface area contributed by atoms with E-state index in [9.17, 15) is 18.3 Å². The summed E-state index contributed by atoms with van der Waals surface area (Å²) in [5.41, 5.74) is -1.28. The molecule has 1 fully saturated rings. The number of aliphatic imine (C=N–C) groups is 1. The molecule has 0 atom stereocenters. The summed E-state index contributed by atoms with van der Waals surface area (Å²) in [4.78, 5) is 7.70. The van der Waals surface area contributed by atoms with Crippen LogP contribution in [0.5, 0.6) is 5.75 Å². The SMILES string of the molecule is C=C1N(c2ccc(C#N)c(C(F)(F)F)c2)/C(=N/C)C(C)(C)N1c1ccc(O)cc1. The van der Waals surface area contributed by atoms with E-state index in [1.54, 1.807) is 30.1 Å². The molecule has 29 heavy (non-hydrogen) atoms. The molecule has 150 valence electrons. The number of benzene rings is 2. The van der Waals surface area contributed by atoms with Gasteiger partial charge in [0.15, 0.2) is 0 Å². The van der Waals surface area contributed by atoms with Crippen molar-refractivity contribution >= 4 is 17.2 Å². The summed E-state index contributed by atoms with van der Waals surface area (Å²) in [6.45, 7) is 7.84. The molecule has 0 unspecified atom stereocenters. The van der Waals surface area contributed by atoms with E-state index < -0.39 is 22.8 Å². The Morgan fingerprint density at radius 2 is 1.69 bits per heavy atom. The Morgan fingerprint density at radius 1 is 1.10 bits per heavy atom. The fraction of sp³-hybridized carbons (Fsp3) is 0.238. The first-order chi connectivity index (χ1) is 13.5. The zero-order valence-electron chi connectivity index (χ0n) is 16.1. The number of anilines is 2. The summed E-state index contributed by atoms with van der Waals surface area (Å²) >= 11 is 0. The van der Waals surface area contributed by atoms with E-state index in [1.807, 2.05) is 18.7 Å². The van der Waals surface area contributed by atoms with Crippen LogP contribution < -0.4 is 9.80 Å². The maximum absolute atomic E-state index is 13.5. The van der Waals surface area contributed by atoms with Gasteiger partial charge in [0.1, 0.15) is 17.4 Å². The van der Waals surface area contributed by atoms with Crippen molar-refractivity contribution in [2.75, 3.05) is 16.8 Å². The summed E-state index contributed by atoms with van der Waals surface area (Å²) in [6.07, 6.45) is -4.67. The largest absolute Gasteiger partial charge is 0.508 e. The van der Waals surface area contributed by atoms with Crippen LogP contribution in [-0.4, -0.2) is 23.5 Å². The number of rotatable bonds is 2. The Morgan fingerprint density at radius 3 is 2.21 bits per heavy atom. The van der Waals surface area contributed by atoms with Crippen LogP contribution in [0.2, 0.25) is 0 Å². The number of halogens is 3. The average molecular weight is 400 g/mol. The molecule has 2 aromatic carbocycles. The van der Waals surface area contributed by atoms with Crippen molar-refractivity contribution in [3.05, 3.63) is 66.0 Å². The highest BCUT2D eigenvalue weighted by atomic mass is 19.4. The Balaban J connectivity index is 2.16. The van der Waals surface area contributed by atoms with Crippen LogP contribution in [0, 0.1) is 11.3 Å². The lowest BCUT2D eigenvalue weighted by Crippen LogP contribution is -2.43. The van der Waals surface area contributed by atoms with Gasteiger partial charge in [0.2, 0.25) is 0 Å². The number of phenolic OH excluding ortho intramolecular Hbond substituents is 1. The molecule has 0 bridgehead atoms. The van der Waals surface area contributed by atoms with Crippen molar-refractivity contribution in [1.82, 2.24) is 0 Å². The zero-order valence-corrected chi connectivity index (χ0v) is 16.1. The van der Waals surface area contributed by atoms with Gasteiger partial charge in [-0.05, 0) is 56.3 Å². The van der Waals surface area contributed by atoms with Gasteiger partial charge < -0.3 is 10.0 Å². The van der Waals surface area contributed by atoms with Gasteiger partial charge in [0.05, 0.1) is 22.7 Å². The third-order valence-electron chi connectivity index (χ3n) is 4.84. The normalized spacial score (nSPS) is 17.7. The van der Waals surface area contributed by atoms with E-state index in [1.165, 1.54) is 18.2 Å². The molecule has 5 nitrogen and oxygen atoms in total. The molecule has 0 radical (unpaired) electrons. The van der Waals surface area contributed by atoms with Gasteiger partial charge >= 0.3 is 6.18 Å². The van der Waals surface area contributed by atoms with Crippen LogP contribution in [0.4, 0.5) is 24.5 Å². The van der Waals surface area contributed by atoms with Gasteiger partial charge in [-0.1, -0.05) is 6.58 Å². The van der Waals surface area contributed by atoms with Crippen molar-refractivity contribution < 1.29 is 18.3 Å². The van der Waals surface area contributed by atoms with Crippen molar-refractivity contribution in [1.29, 1.82) is 5.26 Å². The molecule has 0 spiro atoms. The van der Waals surface area contributed by atoms with Crippen molar-refractivity contribution in [2.24, 2.45) is 4.99 Å². The number of aromatic hydroxyl groups is 1. The summed E-state index contributed by atoms with van der Waals surface area (Å²) in [5, 5.41) is 18.6. The number of alkyl halides is 3. The molecule has 1 N–H and O–H groups in total. The lowest BCUT2D eigenvalue weighted by Gasteiger charge is -2.31. The minimum Gasteiger partial charge on any atom is -0.508 e. The van der Waals surface area contributed by atoms with Crippen LogP contribution >= 0.6 is 0 Å². The first kappa shape index (κ1) is 20.3. The molecule has 1 saturated heterocycles. The van der Waals surface area contributed by atoms with E-state index in [2.05, 4.69) is 11.6 Å². The van der Waals surface area contributed by atoms with E-state index in [0.717, 1.165) is 12.1 Å². The Kier molecular flexibility index (Phi) is 4.79. The second-order valence-corrected chi connectivity index (χ2v) is 7.05. The van der Waals surface area contributed by atoms with E-state index in [0.29, 0.717) is 17.3 Å². The highest BCUT2D eigenvalue weighted by Gasteiger charge is 2.47. The molecule has 1 aliphatic rings. The molecule has 1 heterocycles. The Bertz CT molecular complexity index is 1030. The van der Waals surface area contributed by atoms with Gasteiger partial charge in [-0.25, -0.2) is 0 Å². The molecule has 3 rings (SSSR count). The van der Waals surface area contributed by atoms with Gasteiger partial charge in [-0.2, -0.15) is 18.4 Å². The maximum atomic E-state index is 13.5. The topological polar surface area (TPSA) is 62.9 Å². The third-order valence-corrected chi connectivity index (χ3v) is 4.84. The second-order valence-electron chi connectivity index (χ2n) is 7.05. The molecular weight excluding hydrogens is 381 g/mol. The quantitative estimate of drug-likeness (QED) is 0.780. The zero-order chi connectivity index (χ0) is 21.6. The Labute approximate surface area is 166 Å². The number of hydrogen-bond acceptors (Lipinski definition) is 4. The lowest BCUT2D eigenvalue weighted by molar-refractivity contribution is -0.137. The number of nitrogens with zero attached hydrogens (tertiary/aromatic N) is 4. The molecular formula is C21H19F3N4O. The predicted molar refractivity (Wildman–Crippen MR) is 106 cm³/mol. The number of phenols is 1. The molecule has 0 saturated carbocycles. The molecule has 8 heteroatoms. The standard InChI is InChI=1S/C21H19F3N4O/c1-13-27(16-6-5-14(12-25)18(11-16)21(22,23)24)19(26-4)20(2,3)28(13)15-7-9-17(29)10-8-15/h5-11,29H,1H2,2-4H3/b26-19+. The number of nitriles is 1. The third kappa shape index (κ3) is 3.29. The van der Waals surface area contributed by atoms with Crippen molar-refractivity contribution in [2.45, 2.75) is 25.6 Å². The minimum absolute atomic E-state index is 0.0968. The fourth-order valence-electron chi connectivity index (χ4n) is 3.64. The smallest absolute Gasteiger partial charge is 0.417 e. The first-order valence-corrected chi connectivity index (χ1v) is 8.69. The molecule has 0 aliphatic carbocycles. The monoisotopic (exact) mass is 400 g/mol. The number of amidine groups is 1. The Hall–Kier alpha value is -3.47. The van der Waals surface area contributed by atoms with Crippen LogP contribution in [0.1, 0.15) is 25.0 Å². The highest BCUT2D eigenvalue weighted by Crippen LogP contribution is 2.43. The summed E-state index contributed by atoms with van der Waals surface area (Å²) < 4.78 is 40.4. The average Bonchev–Trinajstić information content (AvgIpc) is 2.86. The molecule has 0 amide bonds. The molecule has 0 aromatic heterocycles. The number of hydrogen-bond donors (Lipinski definition) is 1. The summed E-state index contributed by atoms with van der Waals surface area (Å²) in [7, 11) is 1.56. The predicted octanol–water partition coefficient (Wildman–Crippen LogP) is 4.89. The lowest BCUT2D eigenvalue weighted by atomic mass is 10.0. The maximum Gasteiger partial charge on any atom is 0.417 e. The van der Waals surface area contributed by atoms with Gasteiger partial charge in [-0.15, -0.1) is 0 Å². The van der Waals surface area contributed by atoms with Gasteiger partial charge in [-0.3, -0.25) is 9.89 Å². The van der Waals surface area contributed by atoms with Gasteiger partial charge in [0.25, 0.3) is 0 Å². The molecule has 1 aliphatic heterocycles. The van der Waals surface area contributed by atoms with Crippen molar-refractivity contribution in [3.63, 3.8) is 0 Å². The molecule has 2 aromatic rings.